The second-order valence-electron chi connectivity index (χ2n) is 6.36. The largest absolute Gasteiger partial charge is 0.503 e. The fourth-order valence-corrected chi connectivity index (χ4v) is 2.61. The SMILES string of the molecule is COc1cc(C2OCC(C)CO2)nc(C(=O)NCc2ccc(F)cc2)c1O. The Balaban J connectivity index is 1.79. The number of halogens is 1. The summed E-state index contributed by atoms with van der Waals surface area (Å²) in [6.45, 7) is 3.15. The highest BCUT2D eigenvalue weighted by Gasteiger charge is 2.26. The molecule has 1 aliphatic heterocycles. The predicted molar refractivity (Wildman–Crippen MR) is 93.8 cm³/mol. The summed E-state index contributed by atoms with van der Waals surface area (Å²) >= 11 is 0. The maximum absolute atomic E-state index is 13.0. The molecule has 3 rings (SSSR count). The van der Waals surface area contributed by atoms with Crippen molar-refractivity contribution in [3.05, 3.63) is 53.1 Å². The van der Waals surface area contributed by atoms with Gasteiger partial charge in [0.2, 0.25) is 6.29 Å². The first-order chi connectivity index (χ1) is 13.0. The van der Waals surface area contributed by atoms with Crippen LogP contribution in [-0.4, -0.2) is 36.3 Å². The molecule has 0 bridgehead atoms. The van der Waals surface area contributed by atoms with Gasteiger partial charge in [-0.05, 0) is 17.7 Å². The molecule has 144 valence electrons. The van der Waals surface area contributed by atoms with E-state index < -0.39 is 12.2 Å². The second kappa shape index (κ2) is 8.32. The Labute approximate surface area is 156 Å². The molecule has 0 aliphatic carbocycles. The second-order valence-corrected chi connectivity index (χ2v) is 6.36. The third kappa shape index (κ3) is 4.53. The summed E-state index contributed by atoms with van der Waals surface area (Å²) in [5.74, 6) is -0.969. The molecule has 0 saturated carbocycles. The third-order valence-electron chi connectivity index (χ3n) is 4.08. The van der Waals surface area contributed by atoms with Gasteiger partial charge in [0.05, 0.1) is 20.3 Å². The van der Waals surface area contributed by atoms with Crippen LogP contribution in [0.15, 0.2) is 30.3 Å². The first kappa shape index (κ1) is 19.1. The van der Waals surface area contributed by atoms with E-state index in [1.165, 1.54) is 25.3 Å². The molecule has 0 radical (unpaired) electrons. The van der Waals surface area contributed by atoms with Crippen LogP contribution in [0, 0.1) is 11.7 Å². The Morgan fingerprint density at radius 2 is 2.00 bits per heavy atom. The molecule has 7 nitrogen and oxygen atoms in total. The fourth-order valence-electron chi connectivity index (χ4n) is 2.61. The molecule has 2 aromatic rings. The number of carbonyl (C=O) groups excluding carboxylic acids is 1. The number of rotatable bonds is 5. The molecule has 1 fully saturated rings. The number of aromatic nitrogens is 1. The Morgan fingerprint density at radius 3 is 2.63 bits per heavy atom. The van der Waals surface area contributed by atoms with Gasteiger partial charge in [-0.2, -0.15) is 0 Å². The maximum atomic E-state index is 13.0. The number of nitrogens with one attached hydrogen (secondary N) is 1. The highest BCUT2D eigenvalue weighted by Crippen LogP contribution is 2.33. The molecule has 0 spiro atoms. The van der Waals surface area contributed by atoms with E-state index in [2.05, 4.69) is 10.3 Å². The number of carbonyl (C=O) groups is 1. The van der Waals surface area contributed by atoms with Crippen molar-refractivity contribution in [3.8, 4) is 11.5 Å². The molecule has 2 heterocycles. The van der Waals surface area contributed by atoms with Crippen LogP contribution in [0.2, 0.25) is 0 Å². The smallest absolute Gasteiger partial charge is 0.274 e. The van der Waals surface area contributed by atoms with E-state index in [1.807, 2.05) is 6.92 Å². The third-order valence-corrected chi connectivity index (χ3v) is 4.08. The summed E-state index contributed by atoms with van der Waals surface area (Å²) in [4.78, 5) is 16.7. The van der Waals surface area contributed by atoms with Crippen LogP contribution in [0.4, 0.5) is 4.39 Å². The van der Waals surface area contributed by atoms with Crippen LogP contribution in [0.1, 0.15) is 35.0 Å². The van der Waals surface area contributed by atoms with Crippen LogP contribution in [0.5, 0.6) is 11.5 Å². The van der Waals surface area contributed by atoms with E-state index in [0.717, 1.165) is 0 Å². The van der Waals surface area contributed by atoms with Crippen molar-refractivity contribution >= 4 is 5.91 Å². The van der Waals surface area contributed by atoms with Crippen LogP contribution in [-0.2, 0) is 16.0 Å². The van der Waals surface area contributed by atoms with E-state index in [0.29, 0.717) is 24.5 Å². The van der Waals surface area contributed by atoms with Crippen molar-refractivity contribution in [2.45, 2.75) is 19.8 Å². The van der Waals surface area contributed by atoms with Crippen LogP contribution < -0.4 is 10.1 Å². The van der Waals surface area contributed by atoms with Crippen molar-refractivity contribution < 1.29 is 28.5 Å². The van der Waals surface area contributed by atoms with E-state index >= 15 is 0 Å². The zero-order valence-corrected chi connectivity index (χ0v) is 15.1. The van der Waals surface area contributed by atoms with Crippen LogP contribution in [0.25, 0.3) is 0 Å². The standard InChI is InChI=1S/C19H21FN2O5/c1-11-9-26-19(27-10-11)14-7-15(25-2)17(23)16(22-14)18(24)21-8-12-3-5-13(20)6-4-12/h3-7,11,19,23H,8-10H2,1-2H3,(H,21,24). The summed E-state index contributed by atoms with van der Waals surface area (Å²) in [6, 6.07) is 7.21. The molecule has 2 N–H and O–H groups in total. The Kier molecular flexibility index (Phi) is 5.88. The lowest BCUT2D eigenvalue weighted by atomic mass is 10.2. The number of methoxy groups -OCH3 is 1. The molecule has 27 heavy (non-hydrogen) atoms. The van der Waals surface area contributed by atoms with Crippen LogP contribution in [0.3, 0.4) is 0 Å². The number of nitrogens with zero attached hydrogens (tertiary/aromatic N) is 1. The molecule has 1 saturated heterocycles. The number of aromatic hydroxyl groups is 1. The predicted octanol–water partition coefficient (Wildman–Crippen LogP) is 2.55. The highest BCUT2D eigenvalue weighted by molar-refractivity contribution is 5.95. The van der Waals surface area contributed by atoms with Crippen molar-refractivity contribution in [1.82, 2.24) is 10.3 Å². The first-order valence-electron chi connectivity index (χ1n) is 8.51. The number of hydrogen-bond acceptors (Lipinski definition) is 6. The van der Waals surface area contributed by atoms with Crippen molar-refractivity contribution in [3.63, 3.8) is 0 Å². The van der Waals surface area contributed by atoms with Crippen molar-refractivity contribution in [2.75, 3.05) is 20.3 Å². The van der Waals surface area contributed by atoms with E-state index in [9.17, 15) is 14.3 Å². The lowest BCUT2D eigenvalue weighted by molar-refractivity contribution is -0.204. The fraction of sp³-hybridized carbons (Fsp3) is 0.368. The zero-order chi connectivity index (χ0) is 19.4. The van der Waals surface area contributed by atoms with Gasteiger partial charge in [-0.3, -0.25) is 4.79 Å². The average molecular weight is 376 g/mol. The molecular weight excluding hydrogens is 355 g/mol. The zero-order valence-electron chi connectivity index (χ0n) is 15.1. The molecule has 0 atom stereocenters. The molecule has 1 amide bonds. The van der Waals surface area contributed by atoms with Gasteiger partial charge in [-0.1, -0.05) is 19.1 Å². The Hall–Kier alpha value is -2.71. The van der Waals surface area contributed by atoms with Gasteiger partial charge in [0.25, 0.3) is 5.91 Å². The van der Waals surface area contributed by atoms with Gasteiger partial charge in [0.15, 0.2) is 17.2 Å². The quantitative estimate of drug-likeness (QED) is 0.834. The van der Waals surface area contributed by atoms with Gasteiger partial charge in [0.1, 0.15) is 11.5 Å². The summed E-state index contributed by atoms with van der Waals surface area (Å²) in [7, 11) is 1.38. The molecule has 0 unspecified atom stereocenters. The summed E-state index contributed by atoms with van der Waals surface area (Å²) in [5, 5.41) is 12.9. The minimum Gasteiger partial charge on any atom is -0.503 e. The number of benzene rings is 1. The summed E-state index contributed by atoms with van der Waals surface area (Å²) in [5.41, 5.74) is 0.848. The number of pyridine rings is 1. The molecule has 1 aliphatic rings. The van der Waals surface area contributed by atoms with Gasteiger partial charge in [-0.15, -0.1) is 0 Å². The van der Waals surface area contributed by atoms with Gasteiger partial charge in [-0.25, -0.2) is 9.37 Å². The monoisotopic (exact) mass is 376 g/mol. The average Bonchev–Trinajstić information content (AvgIpc) is 2.68. The minimum atomic E-state index is -0.737. The normalized spacial score (nSPS) is 19.5. The van der Waals surface area contributed by atoms with Crippen molar-refractivity contribution in [1.29, 1.82) is 0 Å². The Morgan fingerprint density at radius 1 is 1.33 bits per heavy atom. The lowest BCUT2D eigenvalue weighted by Crippen LogP contribution is -2.27. The molecule has 1 aromatic carbocycles. The lowest BCUT2D eigenvalue weighted by Gasteiger charge is -2.27. The van der Waals surface area contributed by atoms with Crippen molar-refractivity contribution in [2.24, 2.45) is 5.92 Å². The number of hydrogen-bond donors (Lipinski definition) is 2. The molecular formula is C19H21FN2O5. The summed E-state index contributed by atoms with van der Waals surface area (Å²) < 4.78 is 29.3. The first-order valence-corrected chi connectivity index (χ1v) is 8.51. The van der Waals surface area contributed by atoms with Crippen LogP contribution >= 0.6 is 0 Å². The number of ether oxygens (including phenoxy) is 3. The molecule has 8 heteroatoms. The van der Waals surface area contributed by atoms with E-state index in [1.54, 1.807) is 12.1 Å². The van der Waals surface area contributed by atoms with E-state index in [-0.39, 0.29) is 35.5 Å². The maximum Gasteiger partial charge on any atom is 0.274 e. The van der Waals surface area contributed by atoms with Gasteiger partial charge >= 0.3 is 0 Å². The van der Waals surface area contributed by atoms with E-state index in [4.69, 9.17) is 14.2 Å². The van der Waals surface area contributed by atoms with Gasteiger partial charge < -0.3 is 24.6 Å². The molecule has 1 aromatic heterocycles. The summed E-state index contributed by atoms with van der Waals surface area (Å²) in [6.07, 6.45) is -0.737. The highest BCUT2D eigenvalue weighted by atomic mass is 19.1. The van der Waals surface area contributed by atoms with Gasteiger partial charge in [0, 0.05) is 18.5 Å². The topological polar surface area (TPSA) is 89.9 Å². The Bertz CT molecular complexity index is 804. The number of amides is 1. The minimum absolute atomic E-state index is 0.0951.